The molecule has 1 fully saturated rings. The Morgan fingerprint density at radius 3 is 2.25 bits per heavy atom. The van der Waals surface area contributed by atoms with E-state index >= 15 is 0 Å². The first kappa shape index (κ1) is 6.47. The third kappa shape index (κ3) is 1.02. The molecule has 0 bridgehead atoms. The first-order valence-corrected chi connectivity index (χ1v) is 4.29. The molecule has 1 aliphatic heterocycles. The third-order valence-corrected chi connectivity index (χ3v) is 3.79. The van der Waals surface area contributed by atoms with Gasteiger partial charge in [-0.1, -0.05) is 20.8 Å². The second-order valence-corrected chi connectivity index (χ2v) is 4.70. The maximum Gasteiger partial charge on any atom is 0.00702 e. The SMILES string of the molecule is CC1SCCC1(C)C. The lowest BCUT2D eigenvalue weighted by molar-refractivity contribution is 0.371. The van der Waals surface area contributed by atoms with Crippen molar-refractivity contribution in [2.75, 3.05) is 5.75 Å². The summed E-state index contributed by atoms with van der Waals surface area (Å²) < 4.78 is 0. The zero-order valence-corrected chi connectivity index (χ0v) is 6.72. The van der Waals surface area contributed by atoms with E-state index in [4.69, 9.17) is 0 Å². The van der Waals surface area contributed by atoms with Gasteiger partial charge in [0.15, 0.2) is 0 Å². The second kappa shape index (κ2) is 1.94. The molecule has 1 aliphatic rings. The summed E-state index contributed by atoms with van der Waals surface area (Å²) in [7, 11) is 0. The van der Waals surface area contributed by atoms with Crippen LogP contribution in [-0.4, -0.2) is 11.0 Å². The normalized spacial score (nSPS) is 35.6. The fourth-order valence-electron chi connectivity index (χ4n) is 0.928. The van der Waals surface area contributed by atoms with Crippen molar-refractivity contribution < 1.29 is 0 Å². The molecule has 0 N–H and O–H groups in total. The lowest BCUT2D eigenvalue weighted by Gasteiger charge is -2.21. The molecule has 1 heterocycles. The molecule has 0 aromatic carbocycles. The topological polar surface area (TPSA) is 0 Å². The number of rotatable bonds is 0. The van der Waals surface area contributed by atoms with Crippen LogP contribution in [0.3, 0.4) is 0 Å². The quantitative estimate of drug-likeness (QED) is 0.485. The molecule has 0 saturated carbocycles. The zero-order valence-electron chi connectivity index (χ0n) is 5.90. The van der Waals surface area contributed by atoms with Crippen molar-refractivity contribution in [3.8, 4) is 0 Å². The van der Waals surface area contributed by atoms with Gasteiger partial charge in [0.1, 0.15) is 0 Å². The van der Waals surface area contributed by atoms with Gasteiger partial charge in [-0.2, -0.15) is 11.8 Å². The monoisotopic (exact) mass is 130 g/mol. The van der Waals surface area contributed by atoms with Gasteiger partial charge in [0.25, 0.3) is 0 Å². The van der Waals surface area contributed by atoms with E-state index in [1.807, 2.05) is 0 Å². The van der Waals surface area contributed by atoms with Crippen LogP contribution in [-0.2, 0) is 0 Å². The van der Waals surface area contributed by atoms with Crippen LogP contribution >= 0.6 is 11.8 Å². The highest BCUT2D eigenvalue weighted by Gasteiger charge is 2.31. The van der Waals surface area contributed by atoms with Gasteiger partial charge in [-0.15, -0.1) is 0 Å². The molecular weight excluding hydrogens is 116 g/mol. The predicted octanol–water partition coefficient (Wildman–Crippen LogP) is 2.54. The molecule has 1 saturated heterocycles. The summed E-state index contributed by atoms with van der Waals surface area (Å²) in [6, 6.07) is 0. The van der Waals surface area contributed by atoms with E-state index in [0.29, 0.717) is 5.41 Å². The van der Waals surface area contributed by atoms with Gasteiger partial charge in [0, 0.05) is 5.25 Å². The lowest BCUT2D eigenvalue weighted by atomic mass is 9.87. The highest BCUT2D eigenvalue weighted by Crippen LogP contribution is 2.41. The summed E-state index contributed by atoms with van der Waals surface area (Å²) in [5.74, 6) is 1.37. The smallest absolute Gasteiger partial charge is 0.00702 e. The molecule has 1 atom stereocenters. The van der Waals surface area contributed by atoms with Gasteiger partial charge in [-0.3, -0.25) is 0 Å². The van der Waals surface area contributed by atoms with Crippen molar-refractivity contribution in [1.29, 1.82) is 0 Å². The van der Waals surface area contributed by atoms with Crippen LogP contribution in [0, 0.1) is 5.41 Å². The van der Waals surface area contributed by atoms with Crippen molar-refractivity contribution in [2.24, 2.45) is 5.41 Å². The molecule has 0 nitrogen and oxygen atoms in total. The number of hydrogen-bond donors (Lipinski definition) is 0. The zero-order chi connectivity index (χ0) is 6.20. The minimum atomic E-state index is 0.616. The average molecular weight is 130 g/mol. The fraction of sp³-hybridized carbons (Fsp3) is 1.00. The van der Waals surface area contributed by atoms with Crippen molar-refractivity contribution >= 4 is 11.8 Å². The van der Waals surface area contributed by atoms with Crippen LogP contribution in [0.15, 0.2) is 0 Å². The maximum absolute atomic E-state index is 2.36. The highest BCUT2D eigenvalue weighted by atomic mass is 32.2. The molecule has 0 radical (unpaired) electrons. The van der Waals surface area contributed by atoms with Crippen molar-refractivity contribution in [1.82, 2.24) is 0 Å². The van der Waals surface area contributed by atoms with Crippen LogP contribution in [0.4, 0.5) is 0 Å². The Morgan fingerprint density at radius 1 is 1.50 bits per heavy atom. The van der Waals surface area contributed by atoms with Gasteiger partial charge < -0.3 is 0 Å². The Balaban J connectivity index is 2.54. The van der Waals surface area contributed by atoms with Crippen molar-refractivity contribution in [2.45, 2.75) is 32.4 Å². The predicted molar refractivity (Wildman–Crippen MR) is 40.3 cm³/mol. The van der Waals surface area contributed by atoms with Crippen LogP contribution in [0.5, 0.6) is 0 Å². The molecule has 1 unspecified atom stereocenters. The summed E-state index contributed by atoms with van der Waals surface area (Å²) in [5.41, 5.74) is 0.616. The summed E-state index contributed by atoms with van der Waals surface area (Å²) in [6.07, 6.45) is 1.40. The van der Waals surface area contributed by atoms with Crippen LogP contribution in [0.1, 0.15) is 27.2 Å². The van der Waals surface area contributed by atoms with Crippen molar-refractivity contribution in [3.05, 3.63) is 0 Å². The summed E-state index contributed by atoms with van der Waals surface area (Å²) >= 11 is 2.10. The Kier molecular flexibility index (Phi) is 1.57. The first-order chi connectivity index (χ1) is 3.63. The lowest BCUT2D eigenvalue weighted by Crippen LogP contribution is -2.17. The van der Waals surface area contributed by atoms with Crippen molar-refractivity contribution in [3.63, 3.8) is 0 Å². The second-order valence-electron chi connectivity index (χ2n) is 3.25. The largest absolute Gasteiger partial charge is 0.158 e. The van der Waals surface area contributed by atoms with E-state index in [1.54, 1.807) is 0 Å². The highest BCUT2D eigenvalue weighted by molar-refractivity contribution is 8.00. The summed E-state index contributed by atoms with van der Waals surface area (Å²) in [4.78, 5) is 0. The van der Waals surface area contributed by atoms with E-state index in [-0.39, 0.29) is 0 Å². The summed E-state index contributed by atoms with van der Waals surface area (Å²) in [5, 5.41) is 0.877. The molecular formula is C7H14S. The number of hydrogen-bond acceptors (Lipinski definition) is 1. The Morgan fingerprint density at radius 2 is 2.12 bits per heavy atom. The first-order valence-electron chi connectivity index (χ1n) is 3.24. The van der Waals surface area contributed by atoms with E-state index in [9.17, 15) is 0 Å². The van der Waals surface area contributed by atoms with E-state index in [1.165, 1.54) is 12.2 Å². The minimum Gasteiger partial charge on any atom is -0.158 e. The van der Waals surface area contributed by atoms with Crippen LogP contribution < -0.4 is 0 Å². The van der Waals surface area contributed by atoms with E-state index in [2.05, 4.69) is 32.5 Å². The maximum atomic E-state index is 2.36. The Bertz CT molecular complexity index is 86.4. The average Bonchev–Trinajstić information content (AvgIpc) is 1.86. The van der Waals surface area contributed by atoms with Gasteiger partial charge >= 0.3 is 0 Å². The Labute approximate surface area is 56.0 Å². The van der Waals surface area contributed by atoms with Crippen LogP contribution in [0.25, 0.3) is 0 Å². The molecule has 0 aromatic rings. The third-order valence-electron chi connectivity index (χ3n) is 2.21. The van der Waals surface area contributed by atoms with Gasteiger partial charge in [0.2, 0.25) is 0 Å². The van der Waals surface area contributed by atoms with E-state index < -0.39 is 0 Å². The standard InChI is InChI=1S/C7H14S/c1-6-7(2,3)4-5-8-6/h6H,4-5H2,1-3H3. The molecule has 8 heavy (non-hydrogen) atoms. The Hall–Kier alpha value is 0.350. The van der Waals surface area contributed by atoms with Crippen LogP contribution in [0.2, 0.25) is 0 Å². The number of thioether (sulfide) groups is 1. The van der Waals surface area contributed by atoms with Gasteiger partial charge in [-0.25, -0.2) is 0 Å². The minimum absolute atomic E-state index is 0.616. The molecule has 0 amide bonds. The molecule has 0 spiro atoms. The van der Waals surface area contributed by atoms with E-state index in [0.717, 1.165) is 5.25 Å². The summed E-state index contributed by atoms with van der Waals surface area (Å²) in [6.45, 7) is 7.05. The molecule has 0 aromatic heterocycles. The molecule has 0 aliphatic carbocycles. The van der Waals surface area contributed by atoms with Gasteiger partial charge in [0.05, 0.1) is 0 Å². The molecule has 48 valence electrons. The molecule has 1 heteroatoms. The molecule has 1 rings (SSSR count). The van der Waals surface area contributed by atoms with Gasteiger partial charge in [-0.05, 0) is 17.6 Å². The fourth-order valence-corrected chi connectivity index (χ4v) is 2.49.